The molecule has 0 aliphatic carbocycles. The van der Waals surface area contributed by atoms with Crippen molar-refractivity contribution in [2.24, 2.45) is 5.92 Å². The molecule has 4 nitrogen and oxygen atoms in total. The van der Waals surface area contributed by atoms with Crippen LogP contribution in [0.1, 0.15) is 35.7 Å². The van der Waals surface area contributed by atoms with Crippen molar-refractivity contribution in [3.63, 3.8) is 0 Å². The number of hydrogen-bond donors (Lipinski definition) is 1. The molecule has 1 atom stereocenters. The van der Waals surface area contributed by atoms with Crippen molar-refractivity contribution in [3.8, 4) is 5.75 Å². The third-order valence-electron chi connectivity index (χ3n) is 4.01. The molecule has 0 aliphatic heterocycles. The molecule has 0 heterocycles. The van der Waals surface area contributed by atoms with E-state index in [-0.39, 0.29) is 30.1 Å². The highest BCUT2D eigenvalue weighted by atomic mass is 19.1. The zero-order valence-corrected chi connectivity index (χ0v) is 14.6. The molecule has 2 rings (SSSR count). The first-order chi connectivity index (χ1) is 11.9. The summed E-state index contributed by atoms with van der Waals surface area (Å²) in [6.07, 6.45) is 0. The van der Waals surface area contributed by atoms with Gasteiger partial charge in [-0.3, -0.25) is 9.59 Å². The molecule has 0 bridgehead atoms. The number of methoxy groups -OCH3 is 1. The number of benzene rings is 2. The Hall–Kier alpha value is -2.69. The molecule has 2 aromatic carbocycles. The standard InChI is InChI=1S/C20H22FNO3/c1-13(2)19(15-6-10-17(25-3)11-7-15)20(24)22-12-18(23)14-4-8-16(21)9-5-14/h4-11,13,19H,12H2,1-3H3,(H,22,24). The Kier molecular flexibility index (Phi) is 6.28. The lowest BCUT2D eigenvalue weighted by Crippen LogP contribution is -2.35. The second kappa shape index (κ2) is 8.42. The fraction of sp³-hybridized carbons (Fsp3) is 0.300. The Morgan fingerprint density at radius 2 is 1.64 bits per heavy atom. The number of ketones is 1. The number of amides is 1. The molecule has 2 aromatic rings. The van der Waals surface area contributed by atoms with Crippen molar-refractivity contribution in [2.75, 3.05) is 13.7 Å². The van der Waals surface area contributed by atoms with Gasteiger partial charge in [-0.05, 0) is 47.9 Å². The molecule has 1 amide bonds. The quantitative estimate of drug-likeness (QED) is 0.782. The van der Waals surface area contributed by atoms with Gasteiger partial charge in [0.1, 0.15) is 11.6 Å². The van der Waals surface area contributed by atoms with E-state index in [1.54, 1.807) is 7.11 Å². The Morgan fingerprint density at radius 1 is 1.04 bits per heavy atom. The van der Waals surface area contributed by atoms with Gasteiger partial charge in [0.25, 0.3) is 0 Å². The number of ether oxygens (including phenoxy) is 1. The summed E-state index contributed by atoms with van der Waals surface area (Å²) in [5.41, 5.74) is 1.23. The van der Waals surface area contributed by atoms with Gasteiger partial charge in [-0.1, -0.05) is 26.0 Å². The van der Waals surface area contributed by atoms with E-state index in [1.807, 2.05) is 38.1 Å². The van der Waals surface area contributed by atoms with Crippen molar-refractivity contribution in [2.45, 2.75) is 19.8 Å². The summed E-state index contributed by atoms with van der Waals surface area (Å²) in [5, 5.41) is 2.69. The first-order valence-electron chi connectivity index (χ1n) is 8.12. The van der Waals surface area contributed by atoms with E-state index in [1.165, 1.54) is 24.3 Å². The first kappa shape index (κ1) is 18.6. The van der Waals surface area contributed by atoms with Gasteiger partial charge in [-0.2, -0.15) is 0 Å². The van der Waals surface area contributed by atoms with Crippen molar-refractivity contribution in [3.05, 3.63) is 65.5 Å². The average Bonchev–Trinajstić information content (AvgIpc) is 2.60. The lowest BCUT2D eigenvalue weighted by atomic mass is 9.87. The lowest BCUT2D eigenvalue weighted by Gasteiger charge is -2.21. The van der Waals surface area contributed by atoms with Gasteiger partial charge in [0.05, 0.1) is 19.6 Å². The van der Waals surface area contributed by atoms with E-state index in [9.17, 15) is 14.0 Å². The van der Waals surface area contributed by atoms with Gasteiger partial charge in [0, 0.05) is 5.56 Å². The van der Waals surface area contributed by atoms with E-state index in [0.29, 0.717) is 5.56 Å². The number of Topliss-reactive ketones (excluding diaryl/α,β-unsaturated/α-hetero) is 1. The number of carbonyl (C=O) groups excluding carboxylic acids is 2. The molecule has 0 fully saturated rings. The molecule has 0 saturated carbocycles. The van der Waals surface area contributed by atoms with Crippen LogP contribution >= 0.6 is 0 Å². The van der Waals surface area contributed by atoms with Crippen LogP contribution in [0.15, 0.2) is 48.5 Å². The Labute approximate surface area is 147 Å². The van der Waals surface area contributed by atoms with Gasteiger partial charge in [-0.15, -0.1) is 0 Å². The Bertz CT molecular complexity index is 724. The highest BCUT2D eigenvalue weighted by Gasteiger charge is 2.24. The third kappa shape index (κ3) is 4.89. The van der Waals surface area contributed by atoms with Crippen LogP contribution in [-0.4, -0.2) is 25.3 Å². The highest BCUT2D eigenvalue weighted by molar-refractivity contribution is 5.99. The largest absolute Gasteiger partial charge is 0.497 e. The molecule has 5 heteroatoms. The molecular weight excluding hydrogens is 321 g/mol. The number of rotatable bonds is 7. The zero-order chi connectivity index (χ0) is 18.4. The van der Waals surface area contributed by atoms with Crippen molar-refractivity contribution in [1.82, 2.24) is 5.32 Å². The topological polar surface area (TPSA) is 55.4 Å². The van der Waals surface area contributed by atoms with E-state index < -0.39 is 5.82 Å². The molecule has 0 spiro atoms. The van der Waals surface area contributed by atoms with E-state index in [2.05, 4.69) is 5.32 Å². The first-order valence-corrected chi connectivity index (χ1v) is 8.12. The molecule has 1 unspecified atom stereocenters. The third-order valence-corrected chi connectivity index (χ3v) is 4.01. The van der Waals surface area contributed by atoms with Crippen LogP contribution in [0.2, 0.25) is 0 Å². The number of nitrogens with one attached hydrogen (secondary N) is 1. The maximum Gasteiger partial charge on any atom is 0.228 e. The minimum absolute atomic E-state index is 0.0642. The molecule has 1 N–H and O–H groups in total. The molecule has 0 saturated heterocycles. The van der Waals surface area contributed by atoms with Gasteiger partial charge < -0.3 is 10.1 Å². The van der Waals surface area contributed by atoms with Crippen molar-refractivity contribution >= 4 is 11.7 Å². The fourth-order valence-corrected chi connectivity index (χ4v) is 2.67. The Balaban J connectivity index is 2.04. The number of hydrogen-bond acceptors (Lipinski definition) is 3. The summed E-state index contributed by atoms with van der Waals surface area (Å²) in [6, 6.07) is 12.6. The van der Waals surface area contributed by atoms with Gasteiger partial charge in [0.15, 0.2) is 5.78 Å². The summed E-state index contributed by atoms with van der Waals surface area (Å²) in [6.45, 7) is 3.79. The summed E-state index contributed by atoms with van der Waals surface area (Å²) < 4.78 is 18.0. The van der Waals surface area contributed by atoms with E-state index in [4.69, 9.17) is 4.74 Å². The summed E-state index contributed by atoms with van der Waals surface area (Å²) in [5.74, 6) is -0.458. The minimum atomic E-state index is -0.403. The predicted octanol–water partition coefficient (Wildman–Crippen LogP) is 3.57. The monoisotopic (exact) mass is 343 g/mol. The van der Waals surface area contributed by atoms with Crippen LogP contribution in [0.4, 0.5) is 4.39 Å². The van der Waals surface area contributed by atoms with E-state index in [0.717, 1.165) is 11.3 Å². The molecular formula is C20H22FNO3. The average molecular weight is 343 g/mol. The van der Waals surface area contributed by atoms with Gasteiger partial charge >= 0.3 is 0 Å². The lowest BCUT2D eigenvalue weighted by molar-refractivity contribution is -0.123. The fourth-order valence-electron chi connectivity index (χ4n) is 2.67. The molecule has 0 aliphatic rings. The SMILES string of the molecule is COc1ccc(C(C(=O)NCC(=O)c2ccc(F)cc2)C(C)C)cc1. The van der Waals surface area contributed by atoms with Gasteiger partial charge in [-0.25, -0.2) is 4.39 Å². The summed E-state index contributed by atoms with van der Waals surface area (Å²) in [4.78, 5) is 24.7. The normalized spacial score (nSPS) is 11.9. The predicted molar refractivity (Wildman–Crippen MR) is 94.3 cm³/mol. The minimum Gasteiger partial charge on any atom is -0.497 e. The van der Waals surface area contributed by atoms with Crippen LogP contribution in [0.3, 0.4) is 0 Å². The van der Waals surface area contributed by atoms with Crippen LogP contribution in [0, 0.1) is 11.7 Å². The van der Waals surface area contributed by atoms with Crippen LogP contribution < -0.4 is 10.1 Å². The van der Waals surface area contributed by atoms with Crippen LogP contribution in [-0.2, 0) is 4.79 Å². The number of halogens is 1. The van der Waals surface area contributed by atoms with Gasteiger partial charge in [0.2, 0.25) is 5.91 Å². The smallest absolute Gasteiger partial charge is 0.228 e. The molecule has 0 radical (unpaired) electrons. The highest BCUT2D eigenvalue weighted by Crippen LogP contribution is 2.26. The summed E-state index contributed by atoms with van der Waals surface area (Å²) in [7, 11) is 1.59. The molecule has 132 valence electrons. The second-order valence-electron chi connectivity index (χ2n) is 6.14. The summed E-state index contributed by atoms with van der Waals surface area (Å²) >= 11 is 0. The number of carbonyl (C=O) groups is 2. The van der Waals surface area contributed by atoms with Crippen LogP contribution in [0.5, 0.6) is 5.75 Å². The molecule has 0 aromatic heterocycles. The molecule has 25 heavy (non-hydrogen) atoms. The van der Waals surface area contributed by atoms with Crippen molar-refractivity contribution < 1.29 is 18.7 Å². The zero-order valence-electron chi connectivity index (χ0n) is 14.6. The van der Waals surface area contributed by atoms with E-state index >= 15 is 0 Å². The maximum atomic E-state index is 12.9. The van der Waals surface area contributed by atoms with Crippen LogP contribution in [0.25, 0.3) is 0 Å². The maximum absolute atomic E-state index is 12.9. The van der Waals surface area contributed by atoms with Crippen molar-refractivity contribution in [1.29, 1.82) is 0 Å². The Morgan fingerprint density at radius 3 is 2.16 bits per heavy atom. The second-order valence-corrected chi connectivity index (χ2v) is 6.14.